The van der Waals surface area contributed by atoms with Gasteiger partial charge in [0.2, 0.25) is 0 Å². The summed E-state index contributed by atoms with van der Waals surface area (Å²) in [6.07, 6.45) is 3.75. The maximum atomic E-state index is 13.7. The minimum atomic E-state index is -0.211. The SMILES string of the molecule is N#Cc1ccc(-n2cnc3ccc(N4CCCC4c4cccc(F)c4)nc32)cc1. The smallest absolute Gasteiger partial charge is 0.166 e. The Labute approximate surface area is 167 Å². The highest BCUT2D eigenvalue weighted by Crippen LogP contribution is 2.36. The predicted octanol–water partition coefficient (Wildman–Crippen LogP) is 4.77. The van der Waals surface area contributed by atoms with E-state index >= 15 is 0 Å². The van der Waals surface area contributed by atoms with Gasteiger partial charge in [-0.3, -0.25) is 4.57 Å². The van der Waals surface area contributed by atoms with Crippen molar-refractivity contribution in [2.75, 3.05) is 11.4 Å². The van der Waals surface area contributed by atoms with E-state index in [1.807, 2.05) is 34.9 Å². The number of pyridine rings is 1. The van der Waals surface area contributed by atoms with Gasteiger partial charge in [0.15, 0.2) is 5.65 Å². The zero-order valence-electron chi connectivity index (χ0n) is 15.7. The Morgan fingerprint density at radius 3 is 2.72 bits per heavy atom. The standard InChI is InChI=1S/C23H18FN5/c24-18-4-1-3-17(13-18)21-5-2-12-28(21)22-11-10-20-23(27-22)29(15-26-20)19-8-6-16(14-25)7-9-19/h1,3-4,6-11,13,15,21H,2,5,12H2. The van der Waals surface area contributed by atoms with E-state index in [2.05, 4.69) is 16.0 Å². The quantitative estimate of drug-likeness (QED) is 0.511. The number of fused-ring (bicyclic) bond motifs is 1. The fraction of sp³-hybridized carbons (Fsp3) is 0.174. The summed E-state index contributed by atoms with van der Waals surface area (Å²) in [5.74, 6) is 0.649. The first-order chi connectivity index (χ1) is 14.2. The molecule has 1 fully saturated rings. The van der Waals surface area contributed by atoms with Crippen molar-refractivity contribution in [3.63, 3.8) is 0 Å². The van der Waals surface area contributed by atoms with E-state index in [1.165, 1.54) is 6.07 Å². The van der Waals surface area contributed by atoms with Gasteiger partial charge < -0.3 is 4.90 Å². The van der Waals surface area contributed by atoms with Gasteiger partial charge in [-0.25, -0.2) is 14.4 Å². The molecule has 0 bridgehead atoms. The fourth-order valence-electron chi connectivity index (χ4n) is 4.03. The van der Waals surface area contributed by atoms with E-state index in [9.17, 15) is 4.39 Å². The molecule has 5 nitrogen and oxygen atoms in total. The van der Waals surface area contributed by atoms with Crippen LogP contribution in [0, 0.1) is 17.1 Å². The molecule has 1 unspecified atom stereocenters. The van der Waals surface area contributed by atoms with Crippen LogP contribution in [0.25, 0.3) is 16.9 Å². The van der Waals surface area contributed by atoms with Crippen LogP contribution >= 0.6 is 0 Å². The number of aromatic nitrogens is 3. The van der Waals surface area contributed by atoms with E-state index in [4.69, 9.17) is 10.2 Å². The Bertz CT molecular complexity index is 1220. The number of benzene rings is 2. The molecule has 1 saturated heterocycles. The lowest BCUT2D eigenvalue weighted by molar-refractivity contribution is 0.618. The van der Waals surface area contributed by atoms with E-state index in [0.717, 1.165) is 47.6 Å². The van der Waals surface area contributed by atoms with E-state index in [0.29, 0.717) is 5.56 Å². The molecule has 0 aliphatic carbocycles. The van der Waals surface area contributed by atoms with Crippen LogP contribution in [0.3, 0.4) is 0 Å². The molecule has 0 saturated carbocycles. The van der Waals surface area contributed by atoms with Crippen LogP contribution in [-0.2, 0) is 0 Å². The molecular formula is C23H18FN5. The highest BCUT2D eigenvalue weighted by atomic mass is 19.1. The normalized spacial score (nSPS) is 16.3. The minimum Gasteiger partial charge on any atom is -0.349 e. The van der Waals surface area contributed by atoms with Gasteiger partial charge in [0.25, 0.3) is 0 Å². The first-order valence-electron chi connectivity index (χ1n) is 9.60. The van der Waals surface area contributed by atoms with E-state index in [1.54, 1.807) is 30.6 Å². The zero-order valence-corrected chi connectivity index (χ0v) is 15.7. The van der Waals surface area contributed by atoms with Crippen molar-refractivity contribution in [3.8, 4) is 11.8 Å². The van der Waals surface area contributed by atoms with Gasteiger partial charge in [-0.1, -0.05) is 12.1 Å². The van der Waals surface area contributed by atoms with Gasteiger partial charge in [0, 0.05) is 12.2 Å². The highest BCUT2D eigenvalue weighted by Gasteiger charge is 2.27. The van der Waals surface area contributed by atoms with Crippen LogP contribution in [0.2, 0.25) is 0 Å². The number of hydrogen-bond acceptors (Lipinski definition) is 4. The van der Waals surface area contributed by atoms with Crippen LogP contribution in [0.4, 0.5) is 10.2 Å². The van der Waals surface area contributed by atoms with Crippen molar-refractivity contribution >= 4 is 17.0 Å². The molecule has 29 heavy (non-hydrogen) atoms. The van der Waals surface area contributed by atoms with Gasteiger partial charge in [-0.15, -0.1) is 0 Å². The Morgan fingerprint density at radius 1 is 1.07 bits per heavy atom. The molecule has 4 aromatic rings. The molecule has 3 heterocycles. The molecule has 1 aliphatic rings. The summed E-state index contributed by atoms with van der Waals surface area (Å²) in [5, 5.41) is 9.01. The lowest BCUT2D eigenvalue weighted by Crippen LogP contribution is -2.23. The van der Waals surface area contributed by atoms with E-state index in [-0.39, 0.29) is 11.9 Å². The van der Waals surface area contributed by atoms with Crippen LogP contribution in [0.15, 0.2) is 67.0 Å². The predicted molar refractivity (Wildman–Crippen MR) is 109 cm³/mol. The minimum absolute atomic E-state index is 0.113. The third-order valence-corrected chi connectivity index (χ3v) is 5.44. The van der Waals surface area contributed by atoms with Crippen LogP contribution in [0.5, 0.6) is 0 Å². The van der Waals surface area contributed by atoms with Crippen LogP contribution < -0.4 is 4.90 Å². The Kier molecular flexibility index (Phi) is 4.21. The number of nitriles is 1. The molecule has 0 spiro atoms. The van der Waals surface area contributed by atoms with Gasteiger partial charge in [-0.05, 0) is 66.9 Å². The van der Waals surface area contributed by atoms with Gasteiger partial charge >= 0.3 is 0 Å². The summed E-state index contributed by atoms with van der Waals surface area (Å²) < 4.78 is 15.7. The van der Waals surface area contributed by atoms with Crippen LogP contribution in [-0.4, -0.2) is 21.1 Å². The summed E-state index contributed by atoms with van der Waals surface area (Å²) in [6.45, 7) is 0.880. The monoisotopic (exact) mass is 383 g/mol. The van der Waals surface area contributed by atoms with Crippen LogP contribution in [0.1, 0.15) is 30.0 Å². The number of imidazole rings is 1. The topological polar surface area (TPSA) is 57.7 Å². The lowest BCUT2D eigenvalue weighted by Gasteiger charge is -2.26. The molecule has 1 atom stereocenters. The molecule has 2 aromatic heterocycles. The fourth-order valence-corrected chi connectivity index (χ4v) is 4.03. The third-order valence-electron chi connectivity index (χ3n) is 5.44. The third kappa shape index (κ3) is 3.11. The Hall–Kier alpha value is -3.72. The molecule has 0 N–H and O–H groups in total. The van der Waals surface area contributed by atoms with Gasteiger partial charge in [-0.2, -0.15) is 5.26 Å². The number of rotatable bonds is 3. The lowest BCUT2D eigenvalue weighted by atomic mass is 10.0. The molecule has 0 amide bonds. The van der Waals surface area contributed by atoms with Crippen molar-refractivity contribution in [1.82, 2.24) is 14.5 Å². The maximum absolute atomic E-state index is 13.7. The summed E-state index contributed by atoms with van der Waals surface area (Å²) >= 11 is 0. The molecular weight excluding hydrogens is 365 g/mol. The first kappa shape index (κ1) is 17.4. The average molecular weight is 383 g/mol. The zero-order chi connectivity index (χ0) is 19.8. The maximum Gasteiger partial charge on any atom is 0.166 e. The summed E-state index contributed by atoms with van der Waals surface area (Å²) in [5.41, 5.74) is 4.06. The summed E-state index contributed by atoms with van der Waals surface area (Å²) in [7, 11) is 0. The number of hydrogen-bond donors (Lipinski definition) is 0. The van der Waals surface area contributed by atoms with Crippen molar-refractivity contribution < 1.29 is 4.39 Å². The second-order valence-corrected chi connectivity index (χ2v) is 7.19. The number of nitrogens with zero attached hydrogens (tertiary/aromatic N) is 5. The number of halogens is 1. The van der Waals surface area contributed by atoms with E-state index < -0.39 is 0 Å². The second-order valence-electron chi connectivity index (χ2n) is 7.19. The molecule has 5 rings (SSSR count). The highest BCUT2D eigenvalue weighted by molar-refractivity contribution is 5.75. The van der Waals surface area contributed by atoms with Gasteiger partial charge in [0.1, 0.15) is 23.5 Å². The van der Waals surface area contributed by atoms with Gasteiger partial charge in [0.05, 0.1) is 17.7 Å². The molecule has 0 radical (unpaired) electrons. The molecule has 1 aliphatic heterocycles. The summed E-state index contributed by atoms with van der Waals surface area (Å²) in [6, 6.07) is 20.4. The summed E-state index contributed by atoms with van der Waals surface area (Å²) in [4.78, 5) is 11.6. The van der Waals surface area contributed by atoms with Crippen molar-refractivity contribution in [1.29, 1.82) is 5.26 Å². The Morgan fingerprint density at radius 2 is 1.93 bits per heavy atom. The average Bonchev–Trinajstić information content (AvgIpc) is 3.40. The Balaban J connectivity index is 1.54. The second kappa shape index (κ2) is 7.02. The molecule has 142 valence electrons. The van der Waals surface area contributed by atoms with Crippen molar-refractivity contribution in [3.05, 3.63) is 83.9 Å². The molecule has 6 heteroatoms. The number of anilines is 1. The van der Waals surface area contributed by atoms with Crippen molar-refractivity contribution in [2.45, 2.75) is 18.9 Å². The molecule has 2 aromatic carbocycles. The first-order valence-corrected chi connectivity index (χ1v) is 9.60. The van der Waals surface area contributed by atoms with Crippen molar-refractivity contribution in [2.24, 2.45) is 0 Å². The largest absolute Gasteiger partial charge is 0.349 e.